The van der Waals surface area contributed by atoms with Crippen LogP contribution in [0.3, 0.4) is 0 Å². The van der Waals surface area contributed by atoms with Gasteiger partial charge >= 0.3 is 0 Å². The van der Waals surface area contributed by atoms with Crippen molar-refractivity contribution in [1.29, 1.82) is 0 Å². The SMILES string of the molecule is Cc1cccc(C)c1-c1nc(NS(=O)(=O)c2cnn(C)c2)nc(Oc2ccc(C3CCN(C)CC3)cc2)c1C1CC1. The summed E-state index contributed by atoms with van der Waals surface area (Å²) in [6.45, 7) is 6.30. The van der Waals surface area contributed by atoms with Gasteiger partial charge in [-0.05, 0) is 100 Å². The van der Waals surface area contributed by atoms with E-state index in [4.69, 9.17) is 9.72 Å². The summed E-state index contributed by atoms with van der Waals surface area (Å²) in [5, 5.41) is 4.01. The van der Waals surface area contributed by atoms with Crippen LogP contribution >= 0.6 is 0 Å². The fraction of sp³-hybridized carbons (Fsp3) is 0.387. The summed E-state index contributed by atoms with van der Waals surface area (Å²) in [6, 6.07) is 14.4. The molecule has 214 valence electrons. The lowest BCUT2D eigenvalue weighted by molar-refractivity contribution is 0.255. The monoisotopic (exact) mass is 572 g/mol. The number of aromatic nitrogens is 4. The minimum absolute atomic E-state index is 0.0335. The normalized spacial score (nSPS) is 16.6. The first kappa shape index (κ1) is 27.4. The predicted molar refractivity (Wildman–Crippen MR) is 159 cm³/mol. The van der Waals surface area contributed by atoms with Crippen LogP contribution < -0.4 is 9.46 Å². The van der Waals surface area contributed by atoms with Crippen molar-refractivity contribution >= 4 is 16.0 Å². The number of hydrogen-bond acceptors (Lipinski definition) is 7. The fourth-order valence-electron chi connectivity index (χ4n) is 5.67. The first-order valence-electron chi connectivity index (χ1n) is 14.1. The summed E-state index contributed by atoms with van der Waals surface area (Å²) >= 11 is 0. The molecule has 1 saturated heterocycles. The third-order valence-electron chi connectivity index (χ3n) is 8.12. The number of sulfonamides is 1. The summed E-state index contributed by atoms with van der Waals surface area (Å²) in [5.74, 6) is 1.81. The molecule has 2 fully saturated rings. The van der Waals surface area contributed by atoms with E-state index in [1.54, 1.807) is 7.05 Å². The van der Waals surface area contributed by atoms with Crippen molar-refractivity contribution in [3.63, 3.8) is 0 Å². The Morgan fingerprint density at radius 1 is 0.902 bits per heavy atom. The number of ether oxygens (including phenoxy) is 1. The molecule has 0 bridgehead atoms. The van der Waals surface area contributed by atoms with E-state index in [2.05, 4.69) is 38.9 Å². The third-order valence-corrected chi connectivity index (χ3v) is 9.40. The van der Waals surface area contributed by atoms with Crippen molar-refractivity contribution in [1.82, 2.24) is 24.6 Å². The summed E-state index contributed by atoms with van der Waals surface area (Å²) in [6.07, 6.45) is 7.05. The largest absolute Gasteiger partial charge is 0.439 e. The molecule has 3 heterocycles. The van der Waals surface area contributed by atoms with E-state index >= 15 is 0 Å². The van der Waals surface area contributed by atoms with Crippen LogP contribution in [-0.4, -0.2) is 53.2 Å². The van der Waals surface area contributed by atoms with Gasteiger partial charge in [0.25, 0.3) is 10.0 Å². The maximum Gasteiger partial charge on any atom is 0.267 e. The molecule has 2 aromatic heterocycles. The number of piperidine rings is 1. The molecule has 9 nitrogen and oxygen atoms in total. The van der Waals surface area contributed by atoms with E-state index in [0.717, 1.165) is 61.0 Å². The van der Waals surface area contributed by atoms with Crippen LogP contribution in [0.4, 0.5) is 5.95 Å². The molecule has 0 amide bonds. The van der Waals surface area contributed by atoms with E-state index in [0.29, 0.717) is 23.2 Å². The Hall–Kier alpha value is -3.76. The molecule has 0 spiro atoms. The van der Waals surface area contributed by atoms with Crippen molar-refractivity contribution < 1.29 is 13.2 Å². The molecule has 0 atom stereocenters. The number of benzene rings is 2. The van der Waals surface area contributed by atoms with Gasteiger partial charge in [0.15, 0.2) is 0 Å². The number of rotatable bonds is 8. The van der Waals surface area contributed by atoms with Crippen LogP contribution in [0.5, 0.6) is 11.6 Å². The average molecular weight is 573 g/mol. The van der Waals surface area contributed by atoms with Gasteiger partial charge < -0.3 is 9.64 Å². The van der Waals surface area contributed by atoms with Gasteiger partial charge in [0, 0.05) is 24.4 Å². The second-order valence-electron chi connectivity index (χ2n) is 11.4. The molecular weight excluding hydrogens is 536 g/mol. The molecule has 10 heteroatoms. The molecule has 6 rings (SSSR count). The summed E-state index contributed by atoms with van der Waals surface area (Å²) in [4.78, 5) is 11.9. The van der Waals surface area contributed by atoms with Crippen molar-refractivity contribution in [3.8, 4) is 22.9 Å². The summed E-state index contributed by atoms with van der Waals surface area (Å²) in [5.41, 5.74) is 6.03. The molecule has 1 aliphatic carbocycles. The number of hydrogen-bond donors (Lipinski definition) is 1. The van der Waals surface area contributed by atoms with Crippen LogP contribution in [0.1, 0.15) is 59.8 Å². The van der Waals surface area contributed by atoms with Crippen LogP contribution in [0.2, 0.25) is 0 Å². The number of anilines is 1. The average Bonchev–Trinajstić information content (AvgIpc) is 3.67. The van der Waals surface area contributed by atoms with Crippen molar-refractivity contribution in [2.45, 2.75) is 56.3 Å². The topological polar surface area (TPSA) is 102 Å². The Bertz CT molecular complexity index is 1650. The maximum atomic E-state index is 13.2. The summed E-state index contributed by atoms with van der Waals surface area (Å²) in [7, 11) is -0.118. The van der Waals surface area contributed by atoms with Crippen LogP contribution in [0.25, 0.3) is 11.3 Å². The molecule has 41 heavy (non-hydrogen) atoms. The van der Waals surface area contributed by atoms with E-state index in [1.807, 2.05) is 44.2 Å². The zero-order chi connectivity index (χ0) is 28.7. The highest BCUT2D eigenvalue weighted by Crippen LogP contribution is 2.49. The van der Waals surface area contributed by atoms with Crippen molar-refractivity contribution in [3.05, 3.63) is 77.1 Å². The molecule has 1 aliphatic heterocycles. The quantitative estimate of drug-likeness (QED) is 0.286. The van der Waals surface area contributed by atoms with Gasteiger partial charge in [-0.25, -0.2) is 18.1 Å². The van der Waals surface area contributed by atoms with E-state index in [1.165, 1.54) is 22.6 Å². The van der Waals surface area contributed by atoms with Gasteiger partial charge in [-0.15, -0.1) is 0 Å². The lowest BCUT2D eigenvalue weighted by Gasteiger charge is -2.29. The Morgan fingerprint density at radius 3 is 2.20 bits per heavy atom. The highest BCUT2D eigenvalue weighted by molar-refractivity contribution is 7.92. The highest BCUT2D eigenvalue weighted by atomic mass is 32.2. The Morgan fingerprint density at radius 2 is 1.59 bits per heavy atom. The molecular formula is C31H36N6O3S. The molecule has 4 aromatic rings. The molecule has 2 aliphatic rings. The van der Waals surface area contributed by atoms with Gasteiger partial charge in [0.2, 0.25) is 11.8 Å². The molecule has 1 saturated carbocycles. The predicted octanol–water partition coefficient (Wildman–Crippen LogP) is 5.77. The second-order valence-corrected chi connectivity index (χ2v) is 13.0. The third kappa shape index (κ3) is 5.85. The van der Waals surface area contributed by atoms with Gasteiger partial charge in [0.05, 0.1) is 11.9 Å². The van der Waals surface area contributed by atoms with E-state index in [9.17, 15) is 8.42 Å². The van der Waals surface area contributed by atoms with Crippen LogP contribution in [0, 0.1) is 13.8 Å². The highest BCUT2D eigenvalue weighted by Gasteiger charge is 2.34. The fourth-order valence-corrected chi connectivity index (χ4v) is 6.60. The molecule has 0 unspecified atom stereocenters. The second kappa shape index (κ2) is 10.9. The smallest absolute Gasteiger partial charge is 0.267 e. The molecule has 2 aromatic carbocycles. The zero-order valence-electron chi connectivity index (χ0n) is 24.0. The van der Waals surface area contributed by atoms with Crippen LogP contribution in [-0.2, 0) is 17.1 Å². The zero-order valence-corrected chi connectivity index (χ0v) is 24.8. The minimum atomic E-state index is -3.96. The first-order valence-corrected chi connectivity index (χ1v) is 15.6. The lowest BCUT2D eigenvalue weighted by Crippen LogP contribution is -2.29. The number of nitrogens with one attached hydrogen (secondary N) is 1. The van der Waals surface area contributed by atoms with Crippen molar-refractivity contribution in [2.24, 2.45) is 7.05 Å². The maximum absolute atomic E-state index is 13.2. The van der Waals surface area contributed by atoms with E-state index < -0.39 is 10.0 Å². The number of aryl methyl sites for hydroxylation is 3. The summed E-state index contributed by atoms with van der Waals surface area (Å²) < 4.78 is 36.9. The lowest BCUT2D eigenvalue weighted by atomic mass is 9.90. The molecule has 1 N–H and O–H groups in total. The van der Waals surface area contributed by atoms with Crippen LogP contribution in [0.15, 0.2) is 59.8 Å². The van der Waals surface area contributed by atoms with Gasteiger partial charge in [-0.2, -0.15) is 10.1 Å². The number of nitrogens with zero attached hydrogens (tertiary/aromatic N) is 5. The Balaban J connectivity index is 1.41. The minimum Gasteiger partial charge on any atom is -0.439 e. The Kier molecular flexibility index (Phi) is 7.29. The van der Waals surface area contributed by atoms with Gasteiger partial charge in [0.1, 0.15) is 10.6 Å². The Labute approximate surface area is 241 Å². The number of likely N-dealkylation sites (tertiary alicyclic amines) is 1. The van der Waals surface area contributed by atoms with Gasteiger partial charge in [-0.1, -0.05) is 30.3 Å². The van der Waals surface area contributed by atoms with E-state index in [-0.39, 0.29) is 16.8 Å². The van der Waals surface area contributed by atoms with Gasteiger partial charge in [-0.3, -0.25) is 4.68 Å². The standard InChI is InChI=1S/C31H36N6O3S/c1-20-6-5-7-21(2)27(20)29-28(24-8-9-24)30(34-31(33-29)35-41(38,39)26-18-32-37(4)19-26)40-25-12-10-22(11-13-25)23-14-16-36(3)17-15-23/h5-7,10-13,18-19,23-24H,8-9,14-17H2,1-4H3,(H,33,34,35). The van der Waals surface area contributed by atoms with Crippen molar-refractivity contribution in [2.75, 3.05) is 24.9 Å². The first-order chi connectivity index (χ1) is 19.7. The molecule has 0 radical (unpaired) electrons.